The molecule has 6 unspecified atom stereocenters. The maximum absolute atomic E-state index is 11.3. The van der Waals surface area contributed by atoms with Crippen molar-refractivity contribution in [3.63, 3.8) is 0 Å². The van der Waals surface area contributed by atoms with Gasteiger partial charge in [0.1, 0.15) is 0 Å². The lowest BCUT2D eigenvalue weighted by Gasteiger charge is -2.39. The summed E-state index contributed by atoms with van der Waals surface area (Å²) in [4.78, 5) is 11.3. The number of hydrogen-bond acceptors (Lipinski definition) is 4. The molecule has 0 heterocycles. The molecule has 0 aromatic carbocycles. The first-order valence-electron chi connectivity index (χ1n) is 13.7. The smallest absolute Gasteiger partial charge is 0.309 e. The van der Waals surface area contributed by atoms with Crippen LogP contribution in [0.2, 0.25) is 0 Å². The van der Waals surface area contributed by atoms with E-state index in [0.717, 1.165) is 77.0 Å². The Morgan fingerprint density at radius 3 is 1.52 bits per heavy atom. The van der Waals surface area contributed by atoms with Crippen LogP contribution in [0.15, 0.2) is 0 Å². The highest BCUT2D eigenvalue weighted by Crippen LogP contribution is 2.40. The van der Waals surface area contributed by atoms with Gasteiger partial charge in [0.2, 0.25) is 0 Å². The molecule has 0 aromatic heterocycles. The molecule has 194 valence electrons. The molecule has 0 bridgehead atoms. The van der Waals surface area contributed by atoms with Gasteiger partial charge in [-0.15, -0.1) is 0 Å². The van der Waals surface area contributed by atoms with Gasteiger partial charge in [0.15, 0.2) is 0 Å². The summed E-state index contributed by atoms with van der Waals surface area (Å²) in [7, 11) is 0. The van der Waals surface area contributed by atoms with Crippen molar-refractivity contribution >= 4 is 5.97 Å². The molecule has 5 heteroatoms. The predicted molar refractivity (Wildman–Crippen MR) is 133 cm³/mol. The Morgan fingerprint density at radius 1 is 0.727 bits per heavy atom. The van der Waals surface area contributed by atoms with E-state index in [-0.39, 0.29) is 30.1 Å². The molecule has 4 N–H and O–H groups in total. The average Bonchev–Trinajstić information content (AvgIpc) is 2.75. The summed E-state index contributed by atoms with van der Waals surface area (Å²) in [5, 5.41) is 40.9. The van der Waals surface area contributed by atoms with E-state index in [9.17, 15) is 25.2 Å². The summed E-state index contributed by atoms with van der Waals surface area (Å²) in [6.45, 7) is 7.98. The van der Waals surface area contributed by atoms with E-state index in [1.165, 1.54) is 6.42 Å². The summed E-state index contributed by atoms with van der Waals surface area (Å²) in [5.74, 6) is 0.575. The third-order valence-electron chi connectivity index (χ3n) is 8.95. The van der Waals surface area contributed by atoms with E-state index < -0.39 is 11.4 Å². The van der Waals surface area contributed by atoms with Crippen LogP contribution in [0.4, 0.5) is 0 Å². The zero-order valence-corrected chi connectivity index (χ0v) is 21.8. The van der Waals surface area contributed by atoms with Crippen LogP contribution in [0, 0.1) is 34.5 Å². The van der Waals surface area contributed by atoms with Crippen LogP contribution in [0.25, 0.3) is 0 Å². The number of rotatable bonds is 13. The molecule has 33 heavy (non-hydrogen) atoms. The third-order valence-corrected chi connectivity index (χ3v) is 8.95. The number of aliphatic hydroxyl groups excluding tert-OH is 3. The molecule has 2 fully saturated rings. The second-order valence-corrected chi connectivity index (χ2v) is 12.8. The minimum atomic E-state index is -0.744. The summed E-state index contributed by atoms with van der Waals surface area (Å²) < 4.78 is 0. The molecule has 2 rings (SSSR count). The Labute approximate surface area is 202 Å². The van der Waals surface area contributed by atoms with Crippen molar-refractivity contribution in [2.75, 3.05) is 6.61 Å². The van der Waals surface area contributed by atoms with Gasteiger partial charge < -0.3 is 20.4 Å². The van der Waals surface area contributed by atoms with Crippen molar-refractivity contribution in [3.05, 3.63) is 0 Å². The van der Waals surface area contributed by atoms with E-state index in [2.05, 4.69) is 13.8 Å². The lowest BCUT2D eigenvalue weighted by Crippen LogP contribution is -2.36. The molecular formula is C28H52O5. The first-order valence-corrected chi connectivity index (χ1v) is 13.7. The standard InChI is InChI=1S/C28H52O5/c1-27(2,19-29)17-7-13-20-9-5-11-22(24(20)30)15-16-23-12-6-10-21(25(23)31)14-8-18-28(3,4)26(32)33/h20-25,29-31H,5-19H2,1-4H3,(H,32,33). The molecule has 2 aliphatic carbocycles. The second-order valence-electron chi connectivity index (χ2n) is 12.8. The molecule has 0 amide bonds. The molecular weight excluding hydrogens is 416 g/mol. The molecule has 0 saturated heterocycles. The Balaban J connectivity index is 1.77. The van der Waals surface area contributed by atoms with Crippen molar-refractivity contribution in [1.29, 1.82) is 0 Å². The molecule has 0 radical (unpaired) electrons. The summed E-state index contributed by atoms with van der Waals surface area (Å²) in [6, 6.07) is 0. The van der Waals surface area contributed by atoms with Crippen LogP contribution in [0.5, 0.6) is 0 Å². The molecule has 2 saturated carbocycles. The molecule has 2 aliphatic rings. The molecule has 0 spiro atoms. The van der Waals surface area contributed by atoms with Crippen LogP contribution in [-0.2, 0) is 4.79 Å². The second kappa shape index (κ2) is 12.9. The van der Waals surface area contributed by atoms with E-state index >= 15 is 0 Å². The van der Waals surface area contributed by atoms with Crippen LogP contribution < -0.4 is 0 Å². The van der Waals surface area contributed by atoms with Crippen molar-refractivity contribution in [1.82, 2.24) is 0 Å². The predicted octanol–water partition coefficient (Wildman–Crippen LogP) is 5.79. The van der Waals surface area contributed by atoms with Gasteiger partial charge in [-0.1, -0.05) is 39.5 Å². The van der Waals surface area contributed by atoms with E-state index in [1.54, 1.807) is 13.8 Å². The highest BCUT2D eigenvalue weighted by atomic mass is 16.4. The maximum atomic E-state index is 11.3. The van der Waals surface area contributed by atoms with Crippen molar-refractivity contribution in [2.45, 2.75) is 130 Å². The third kappa shape index (κ3) is 8.81. The lowest BCUT2D eigenvalue weighted by molar-refractivity contribution is -0.147. The maximum Gasteiger partial charge on any atom is 0.309 e. The number of aliphatic hydroxyl groups is 3. The number of aliphatic carboxylic acids is 1. The van der Waals surface area contributed by atoms with Gasteiger partial charge in [0, 0.05) is 6.61 Å². The molecule has 0 aromatic rings. The SMILES string of the molecule is CC(C)(CO)CCCC1CCCC(CCC2CCCC(CCCC(C)(C)C(=O)O)C2O)C1O. The Hall–Kier alpha value is -0.650. The Bertz CT molecular complexity index is 587. The summed E-state index contributed by atoms with van der Waals surface area (Å²) >= 11 is 0. The fourth-order valence-electron chi connectivity index (χ4n) is 6.26. The van der Waals surface area contributed by atoms with E-state index in [1.807, 2.05) is 0 Å². The molecule has 5 nitrogen and oxygen atoms in total. The average molecular weight is 469 g/mol. The van der Waals surface area contributed by atoms with Crippen LogP contribution in [-0.4, -0.2) is 45.2 Å². The monoisotopic (exact) mass is 468 g/mol. The summed E-state index contributed by atoms with van der Waals surface area (Å²) in [5.41, 5.74) is -0.726. The molecule has 0 aliphatic heterocycles. The first kappa shape index (κ1) is 28.6. The number of carboxylic acid groups (broad SMARTS) is 1. The number of carboxylic acids is 1. The normalized spacial score (nSPS) is 31.5. The first-order chi connectivity index (χ1) is 15.5. The van der Waals surface area contributed by atoms with Gasteiger partial charge >= 0.3 is 5.97 Å². The fraction of sp³-hybridized carbons (Fsp3) is 0.964. The zero-order chi connectivity index (χ0) is 24.6. The van der Waals surface area contributed by atoms with Crippen LogP contribution >= 0.6 is 0 Å². The largest absolute Gasteiger partial charge is 0.481 e. The number of hydrogen-bond donors (Lipinski definition) is 4. The minimum absolute atomic E-state index is 0.0317. The Kier molecular flexibility index (Phi) is 11.2. The van der Waals surface area contributed by atoms with Gasteiger partial charge in [-0.2, -0.15) is 0 Å². The van der Waals surface area contributed by atoms with Crippen LogP contribution in [0.1, 0.15) is 118 Å². The van der Waals surface area contributed by atoms with Gasteiger partial charge in [0.25, 0.3) is 0 Å². The fourth-order valence-corrected chi connectivity index (χ4v) is 6.26. The topological polar surface area (TPSA) is 98.0 Å². The van der Waals surface area contributed by atoms with E-state index in [0.29, 0.717) is 24.2 Å². The number of carbonyl (C=O) groups is 1. The lowest BCUT2D eigenvalue weighted by atomic mass is 9.70. The zero-order valence-electron chi connectivity index (χ0n) is 21.8. The van der Waals surface area contributed by atoms with E-state index in [4.69, 9.17) is 0 Å². The van der Waals surface area contributed by atoms with Crippen LogP contribution in [0.3, 0.4) is 0 Å². The van der Waals surface area contributed by atoms with Crippen molar-refractivity contribution < 1.29 is 25.2 Å². The highest BCUT2D eigenvalue weighted by Gasteiger charge is 2.36. The van der Waals surface area contributed by atoms with Gasteiger partial charge in [0.05, 0.1) is 17.6 Å². The summed E-state index contributed by atoms with van der Waals surface area (Å²) in [6.07, 6.45) is 13.6. The van der Waals surface area contributed by atoms with Gasteiger partial charge in [-0.25, -0.2) is 0 Å². The quantitative estimate of drug-likeness (QED) is 0.274. The molecule has 6 atom stereocenters. The minimum Gasteiger partial charge on any atom is -0.481 e. The highest BCUT2D eigenvalue weighted by molar-refractivity contribution is 5.73. The van der Waals surface area contributed by atoms with Crippen molar-refractivity contribution in [2.24, 2.45) is 34.5 Å². The Morgan fingerprint density at radius 2 is 1.12 bits per heavy atom. The van der Waals surface area contributed by atoms with Gasteiger partial charge in [-0.05, 0) is 107 Å². The van der Waals surface area contributed by atoms with Crippen molar-refractivity contribution in [3.8, 4) is 0 Å². The van der Waals surface area contributed by atoms with Gasteiger partial charge in [-0.3, -0.25) is 4.79 Å².